The van der Waals surface area contributed by atoms with Crippen LogP contribution in [0.3, 0.4) is 0 Å². The summed E-state index contributed by atoms with van der Waals surface area (Å²) in [6.45, 7) is 0. The van der Waals surface area contributed by atoms with E-state index in [4.69, 9.17) is 4.74 Å². The number of fused-ring (bicyclic) bond motifs is 1. The molecule has 0 spiro atoms. The largest absolute Gasteiger partial charge is 0.496 e. The number of benzene rings is 4. The Morgan fingerprint density at radius 3 is 1.76 bits per heavy atom. The molecule has 4 aromatic carbocycles. The third-order valence-corrected chi connectivity index (χ3v) is 4.71. The van der Waals surface area contributed by atoms with Gasteiger partial charge in [0.1, 0.15) is 5.75 Å². The fourth-order valence-electron chi connectivity index (χ4n) is 3.57. The molecule has 4 rings (SSSR count). The van der Waals surface area contributed by atoms with Crippen molar-refractivity contribution < 1.29 is 4.74 Å². The van der Waals surface area contributed by atoms with Crippen molar-refractivity contribution in [1.82, 2.24) is 0 Å². The quantitative estimate of drug-likeness (QED) is 0.417. The highest BCUT2D eigenvalue weighted by molar-refractivity contribution is 5.89. The van der Waals surface area contributed by atoms with Crippen LogP contribution in [0.5, 0.6) is 5.75 Å². The Kier molecular flexibility index (Phi) is 4.22. The first-order valence-electron chi connectivity index (χ1n) is 8.54. The van der Waals surface area contributed by atoms with Crippen LogP contribution in [0, 0.1) is 0 Å². The maximum Gasteiger partial charge on any atom is 0.123 e. The third kappa shape index (κ3) is 2.89. The number of methoxy groups -OCH3 is 1. The molecule has 0 unspecified atom stereocenters. The zero-order chi connectivity index (χ0) is 17.1. The summed E-state index contributed by atoms with van der Waals surface area (Å²) in [7, 11) is 1.75. The van der Waals surface area contributed by atoms with Gasteiger partial charge in [0.05, 0.1) is 7.11 Å². The van der Waals surface area contributed by atoms with Gasteiger partial charge in [-0.25, -0.2) is 0 Å². The van der Waals surface area contributed by atoms with Gasteiger partial charge in [0.2, 0.25) is 0 Å². The van der Waals surface area contributed by atoms with E-state index in [0.29, 0.717) is 0 Å². The van der Waals surface area contributed by atoms with Gasteiger partial charge in [-0.15, -0.1) is 0 Å². The first-order chi connectivity index (χ1) is 12.4. The summed E-state index contributed by atoms with van der Waals surface area (Å²) in [5.41, 5.74) is 3.75. The number of hydrogen-bond acceptors (Lipinski definition) is 1. The molecule has 0 aromatic heterocycles. The normalized spacial score (nSPS) is 11.0. The van der Waals surface area contributed by atoms with Gasteiger partial charge >= 0.3 is 0 Å². The van der Waals surface area contributed by atoms with Crippen LogP contribution in [0.25, 0.3) is 10.8 Å². The van der Waals surface area contributed by atoms with Crippen LogP contribution >= 0.6 is 0 Å². The highest BCUT2D eigenvalue weighted by atomic mass is 16.5. The summed E-state index contributed by atoms with van der Waals surface area (Å²) in [5, 5.41) is 2.47. The van der Waals surface area contributed by atoms with Crippen molar-refractivity contribution in [1.29, 1.82) is 0 Å². The average Bonchev–Trinajstić information content (AvgIpc) is 2.70. The lowest BCUT2D eigenvalue weighted by Crippen LogP contribution is -2.06. The fourth-order valence-corrected chi connectivity index (χ4v) is 3.57. The Bertz CT molecular complexity index is 935. The van der Waals surface area contributed by atoms with Crippen molar-refractivity contribution in [3.8, 4) is 5.75 Å². The van der Waals surface area contributed by atoms with Crippen LogP contribution in [0.15, 0.2) is 97.1 Å². The minimum atomic E-state index is 0.128. The molecular weight excluding hydrogens is 304 g/mol. The van der Waals surface area contributed by atoms with Crippen molar-refractivity contribution in [3.63, 3.8) is 0 Å². The summed E-state index contributed by atoms with van der Waals surface area (Å²) < 4.78 is 5.78. The maximum absolute atomic E-state index is 5.78. The van der Waals surface area contributed by atoms with Crippen molar-refractivity contribution in [2.24, 2.45) is 0 Å². The molecule has 0 aliphatic carbocycles. The predicted molar refractivity (Wildman–Crippen MR) is 104 cm³/mol. The second-order valence-electron chi connectivity index (χ2n) is 6.16. The van der Waals surface area contributed by atoms with E-state index in [-0.39, 0.29) is 5.92 Å². The SMILES string of the molecule is COc1ccc2ccccc2c1C(c1ccccc1)c1ccccc1. The Hall–Kier alpha value is -3.06. The zero-order valence-corrected chi connectivity index (χ0v) is 14.2. The Labute approximate surface area is 148 Å². The topological polar surface area (TPSA) is 9.23 Å². The van der Waals surface area contributed by atoms with Crippen molar-refractivity contribution in [2.75, 3.05) is 7.11 Å². The molecule has 25 heavy (non-hydrogen) atoms. The van der Waals surface area contributed by atoms with Gasteiger partial charge in [0.15, 0.2) is 0 Å². The van der Waals surface area contributed by atoms with E-state index in [1.165, 1.54) is 27.5 Å². The molecule has 0 radical (unpaired) electrons. The van der Waals surface area contributed by atoms with Crippen molar-refractivity contribution >= 4 is 10.8 Å². The summed E-state index contributed by atoms with van der Waals surface area (Å²) in [6, 6.07) is 34.0. The minimum Gasteiger partial charge on any atom is -0.496 e. The molecule has 0 heterocycles. The molecule has 0 saturated heterocycles. The zero-order valence-electron chi connectivity index (χ0n) is 14.2. The van der Waals surface area contributed by atoms with Crippen molar-refractivity contribution in [3.05, 3.63) is 114 Å². The summed E-state index contributed by atoms with van der Waals surface area (Å²) >= 11 is 0. The molecule has 0 saturated carbocycles. The van der Waals surface area contributed by atoms with Gasteiger partial charge in [-0.3, -0.25) is 0 Å². The van der Waals surface area contributed by atoms with Gasteiger partial charge in [-0.1, -0.05) is 91.0 Å². The third-order valence-electron chi connectivity index (χ3n) is 4.71. The van der Waals surface area contributed by atoms with Gasteiger partial charge < -0.3 is 4.74 Å². The molecule has 4 aromatic rings. The monoisotopic (exact) mass is 324 g/mol. The molecule has 0 aliphatic heterocycles. The Balaban J connectivity index is 2.05. The molecule has 0 N–H and O–H groups in total. The highest BCUT2D eigenvalue weighted by Crippen LogP contribution is 2.41. The lowest BCUT2D eigenvalue weighted by Gasteiger charge is -2.23. The van der Waals surface area contributed by atoms with Gasteiger partial charge in [0.25, 0.3) is 0 Å². The second-order valence-corrected chi connectivity index (χ2v) is 6.16. The molecule has 122 valence electrons. The Morgan fingerprint density at radius 1 is 0.600 bits per heavy atom. The molecule has 0 atom stereocenters. The molecule has 0 aliphatic rings. The van der Waals surface area contributed by atoms with Crippen LogP contribution in [-0.4, -0.2) is 7.11 Å². The smallest absolute Gasteiger partial charge is 0.123 e. The maximum atomic E-state index is 5.78. The van der Waals surface area contributed by atoms with Gasteiger partial charge in [-0.05, 0) is 28.0 Å². The standard InChI is InChI=1S/C24H20O/c1-25-22-17-16-18-10-8-9-15-21(18)24(22)23(19-11-4-2-5-12-19)20-13-6-3-7-14-20/h2-17,23H,1H3. The fraction of sp³-hybridized carbons (Fsp3) is 0.0833. The van der Waals surface area contributed by atoms with Gasteiger partial charge in [0, 0.05) is 11.5 Å². The second kappa shape index (κ2) is 6.82. The van der Waals surface area contributed by atoms with Crippen molar-refractivity contribution in [2.45, 2.75) is 5.92 Å². The average molecular weight is 324 g/mol. The minimum absolute atomic E-state index is 0.128. The van der Waals surface area contributed by atoms with Crippen LogP contribution < -0.4 is 4.74 Å². The van der Waals surface area contributed by atoms with Crippen LogP contribution in [0.1, 0.15) is 22.6 Å². The summed E-state index contributed by atoms with van der Waals surface area (Å²) in [4.78, 5) is 0. The molecule has 0 fully saturated rings. The first kappa shape index (κ1) is 15.5. The molecule has 0 amide bonds. The van der Waals surface area contributed by atoms with E-state index < -0.39 is 0 Å². The molecule has 1 nitrogen and oxygen atoms in total. The summed E-state index contributed by atoms with van der Waals surface area (Å²) in [5.74, 6) is 1.06. The summed E-state index contributed by atoms with van der Waals surface area (Å²) in [6.07, 6.45) is 0. The highest BCUT2D eigenvalue weighted by Gasteiger charge is 2.22. The van der Waals surface area contributed by atoms with E-state index in [1.54, 1.807) is 7.11 Å². The lowest BCUT2D eigenvalue weighted by molar-refractivity contribution is 0.410. The van der Waals surface area contributed by atoms with E-state index in [2.05, 4.69) is 97.1 Å². The molecule has 0 bridgehead atoms. The van der Waals surface area contributed by atoms with Crippen LogP contribution in [0.4, 0.5) is 0 Å². The van der Waals surface area contributed by atoms with Gasteiger partial charge in [-0.2, -0.15) is 0 Å². The lowest BCUT2D eigenvalue weighted by atomic mass is 9.82. The predicted octanol–water partition coefficient (Wildman–Crippen LogP) is 6.03. The van der Waals surface area contributed by atoms with E-state index >= 15 is 0 Å². The van der Waals surface area contributed by atoms with E-state index in [9.17, 15) is 0 Å². The van der Waals surface area contributed by atoms with E-state index in [0.717, 1.165) is 5.75 Å². The first-order valence-corrected chi connectivity index (χ1v) is 8.54. The van der Waals surface area contributed by atoms with Crippen LogP contribution in [-0.2, 0) is 0 Å². The number of ether oxygens (including phenoxy) is 1. The van der Waals surface area contributed by atoms with E-state index in [1.807, 2.05) is 0 Å². The molecule has 1 heteroatoms. The Morgan fingerprint density at radius 2 is 1.16 bits per heavy atom. The molecular formula is C24H20O. The number of hydrogen-bond donors (Lipinski definition) is 0. The number of rotatable bonds is 4. The van der Waals surface area contributed by atoms with Crippen LogP contribution in [0.2, 0.25) is 0 Å².